The van der Waals surface area contributed by atoms with Crippen LogP contribution in [0, 0.1) is 0 Å². The van der Waals surface area contributed by atoms with E-state index in [0.29, 0.717) is 6.42 Å². The molecule has 116 valence electrons. The summed E-state index contributed by atoms with van der Waals surface area (Å²) in [5.74, 6) is -0.274. The zero-order chi connectivity index (χ0) is 14.3. The summed E-state index contributed by atoms with van der Waals surface area (Å²) in [5, 5.41) is 0. The fourth-order valence-corrected chi connectivity index (χ4v) is 1.82. The van der Waals surface area contributed by atoms with Crippen molar-refractivity contribution in [3.8, 4) is 0 Å². The fourth-order valence-electron chi connectivity index (χ4n) is 1.82. The Bertz CT molecular complexity index is 242. The quantitative estimate of drug-likeness (QED) is 0.201. The van der Waals surface area contributed by atoms with Gasteiger partial charge < -0.3 is 0 Å². The van der Waals surface area contributed by atoms with Crippen molar-refractivity contribution in [2.24, 2.45) is 0 Å². The van der Waals surface area contributed by atoms with Crippen molar-refractivity contribution in [3.63, 3.8) is 0 Å². The first-order valence-electron chi connectivity index (χ1n) is 7.63. The Kier molecular flexibility index (Phi) is 19.1. The minimum absolute atomic E-state index is 0. The molecular weight excluding hydrogens is 331 g/mol. The standard InChI is InChI=1S/C16H30O3.Zr/c1-4-5-6-7-8-9-10-11-12-13-16(17)19-18-14-15(2)3;/h2,4-14H2,1,3H3;. The Balaban J connectivity index is 0. The molecule has 4 heteroatoms. The van der Waals surface area contributed by atoms with Crippen LogP contribution in [0.1, 0.15) is 78.1 Å². The molecule has 0 unspecified atom stereocenters. The van der Waals surface area contributed by atoms with Crippen molar-refractivity contribution in [2.45, 2.75) is 78.1 Å². The number of rotatable bonds is 13. The van der Waals surface area contributed by atoms with Gasteiger partial charge in [-0.3, -0.25) is 4.89 Å². The summed E-state index contributed by atoms with van der Waals surface area (Å²) in [4.78, 5) is 20.6. The molecular formula is C16H30O3Zr. The van der Waals surface area contributed by atoms with Crippen molar-refractivity contribution >= 4 is 5.97 Å². The third kappa shape index (κ3) is 18.1. The summed E-state index contributed by atoms with van der Waals surface area (Å²) in [6.07, 6.45) is 11.6. The molecule has 0 aliphatic carbocycles. The molecule has 0 aliphatic rings. The van der Waals surface area contributed by atoms with Gasteiger partial charge in [-0.15, -0.1) is 0 Å². The Morgan fingerprint density at radius 3 is 1.95 bits per heavy atom. The normalized spacial score (nSPS) is 9.90. The van der Waals surface area contributed by atoms with Gasteiger partial charge in [-0.05, 0) is 13.3 Å². The van der Waals surface area contributed by atoms with Crippen molar-refractivity contribution in [3.05, 3.63) is 12.2 Å². The van der Waals surface area contributed by atoms with Crippen molar-refractivity contribution in [1.82, 2.24) is 0 Å². The molecule has 0 radical (unpaired) electrons. The second-order valence-electron chi connectivity index (χ2n) is 5.25. The van der Waals surface area contributed by atoms with E-state index in [1.54, 1.807) is 0 Å². The van der Waals surface area contributed by atoms with E-state index in [-0.39, 0.29) is 38.8 Å². The Morgan fingerprint density at radius 2 is 1.45 bits per heavy atom. The van der Waals surface area contributed by atoms with Gasteiger partial charge >= 0.3 is 5.97 Å². The molecule has 0 aromatic carbocycles. The van der Waals surface area contributed by atoms with E-state index in [1.807, 2.05) is 6.92 Å². The molecule has 0 bridgehead atoms. The summed E-state index contributed by atoms with van der Waals surface area (Å²) >= 11 is 0. The van der Waals surface area contributed by atoms with Crippen LogP contribution in [0.15, 0.2) is 12.2 Å². The first-order valence-corrected chi connectivity index (χ1v) is 7.63. The molecule has 0 spiro atoms. The molecule has 0 N–H and O–H groups in total. The number of hydrogen-bond donors (Lipinski definition) is 0. The van der Waals surface area contributed by atoms with Gasteiger partial charge in [-0.25, -0.2) is 4.79 Å². The van der Waals surface area contributed by atoms with Gasteiger partial charge in [0.2, 0.25) is 0 Å². The molecule has 3 nitrogen and oxygen atoms in total. The van der Waals surface area contributed by atoms with Crippen LogP contribution in [0.4, 0.5) is 0 Å². The molecule has 0 aliphatic heterocycles. The van der Waals surface area contributed by atoms with Gasteiger partial charge in [0, 0.05) is 32.6 Å². The first kappa shape index (κ1) is 22.3. The van der Waals surface area contributed by atoms with Crippen molar-refractivity contribution < 1.29 is 40.8 Å². The fraction of sp³-hybridized carbons (Fsp3) is 0.812. The average molecular weight is 362 g/mol. The van der Waals surface area contributed by atoms with E-state index < -0.39 is 0 Å². The third-order valence-corrected chi connectivity index (χ3v) is 2.94. The van der Waals surface area contributed by atoms with Gasteiger partial charge in [0.1, 0.15) is 6.61 Å². The SMILES string of the molecule is C=C(C)COOC(=O)CCCCCCCCCCC.[Zr]. The Hall–Kier alpha value is 0.0531. The number of hydrogen-bond acceptors (Lipinski definition) is 3. The smallest absolute Gasteiger partial charge is 0.298 e. The summed E-state index contributed by atoms with van der Waals surface area (Å²) < 4.78 is 0. The summed E-state index contributed by atoms with van der Waals surface area (Å²) in [7, 11) is 0. The van der Waals surface area contributed by atoms with Crippen LogP contribution in [0.25, 0.3) is 0 Å². The van der Waals surface area contributed by atoms with Crippen LogP contribution in [0.5, 0.6) is 0 Å². The van der Waals surface area contributed by atoms with E-state index in [4.69, 9.17) is 4.89 Å². The Morgan fingerprint density at radius 1 is 0.950 bits per heavy atom. The van der Waals surface area contributed by atoms with Crippen LogP contribution in [0.2, 0.25) is 0 Å². The maximum absolute atomic E-state index is 11.3. The summed E-state index contributed by atoms with van der Waals surface area (Å²) in [6.45, 7) is 8.00. The van der Waals surface area contributed by atoms with Crippen LogP contribution in [0.3, 0.4) is 0 Å². The van der Waals surface area contributed by atoms with Crippen LogP contribution >= 0.6 is 0 Å². The minimum Gasteiger partial charge on any atom is -0.298 e. The summed E-state index contributed by atoms with van der Waals surface area (Å²) in [6, 6.07) is 0. The van der Waals surface area contributed by atoms with E-state index >= 15 is 0 Å². The second kappa shape index (κ2) is 17.1. The molecule has 0 amide bonds. The van der Waals surface area contributed by atoms with E-state index in [1.165, 1.54) is 44.9 Å². The van der Waals surface area contributed by atoms with E-state index in [0.717, 1.165) is 18.4 Å². The molecule has 0 saturated heterocycles. The Labute approximate surface area is 143 Å². The molecule has 0 fully saturated rings. The van der Waals surface area contributed by atoms with Gasteiger partial charge in [-0.1, -0.05) is 70.4 Å². The maximum atomic E-state index is 11.3. The molecule has 20 heavy (non-hydrogen) atoms. The van der Waals surface area contributed by atoms with Crippen LogP contribution in [-0.4, -0.2) is 12.6 Å². The van der Waals surface area contributed by atoms with E-state index in [9.17, 15) is 4.79 Å². The first-order chi connectivity index (χ1) is 9.16. The maximum Gasteiger partial charge on any atom is 0.342 e. The monoisotopic (exact) mass is 360 g/mol. The molecule has 0 aromatic heterocycles. The average Bonchev–Trinajstić information content (AvgIpc) is 2.36. The number of carbonyl (C=O) groups is 1. The predicted molar refractivity (Wildman–Crippen MR) is 78.7 cm³/mol. The van der Waals surface area contributed by atoms with Crippen LogP contribution in [-0.2, 0) is 40.8 Å². The van der Waals surface area contributed by atoms with Gasteiger partial charge in [0.05, 0.1) is 0 Å². The predicted octanol–water partition coefficient (Wildman–Crippen LogP) is 4.96. The molecule has 0 atom stereocenters. The molecule has 0 heterocycles. The van der Waals surface area contributed by atoms with Gasteiger partial charge in [-0.2, -0.15) is 4.89 Å². The van der Waals surface area contributed by atoms with Gasteiger partial charge in [0.25, 0.3) is 0 Å². The zero-order valence-electron chi connectivity index (χ0n) is 13.2. The number of carbonyl (C=O) groups excluding carboxylic acids is 1. The zero-order valence-corrected chi connectivity index (χ0v) is 15.7. The second-order valence-corrected chi connectivity index (χ2v) is 5.25. The van der Waals surface area contributed by atoms with Gasteiger partial charge in [0.15, 0.2) is 0 Å². The topological polar surface area (TPSA) is 35.5 Å². The number of unbranched alkanes of at least 4 members (excludes halogenated alkanes) is 8. The van der Waals surface area contributed by atoms with Crippen molar-refractivity contribution in [2.75, 3.05) is 6.61 Å². The molecule has 0 saturated carbocycles. The molecule has 0 rings (SSSR count). The van der Waals surface area contributed by atoms with E-state index in [2.05, 4.69) is 18.4 Å². The molecule has 0 aromatic rings. The minimum atomic E-state index is -0.274. The largest absolute Gasteiger partial charge is 0.342 e. The summed E-state index contributed by atoms with van der Waals surface area (Å²) in [5.41, 5.74) is 0.843. The third-order valence-electron chi connectivity index (χ3n) is 2.94. The van der Waals surface area contributed by atoms with Crippen LogP contribution < -0.4 is 0 Å². The van der Waals surface area contributed by atoms with Crippen molar-refractivity contribution in [1.29, 1.82) is 0 Å².